The van der Waals surface area contributed by atoms with Crippen LogP contribution in [0, 0.1) is 0 Å². The van der Waals surface area contributed by atoms with Crippen molar-refractivity contribution in [2.45, 2.75) is 57.4 Å². The van der Waals surface area contributed by atoms with E-state index in [9.17, 15) is 14.4 Å². The minimum atomic E-state index is -0.715. The van der Waals surface area contributed by atoms with Crippen molar-refractivity contribution in [3.63, 3.8) is 0 Å². The number of benzene rings is 2. The second-order valence-corrected chi connectivity index (χ2v) is 10.7. The van der Waals surface area contributed by atoms with Crippen LogP contribution in [-0.4, -0.2) is 44.9 Å². The Bertz CT molecular complexity index is 1450. The predicted octanol–water partition coefficient (Wildman–Crippen LogP) is 5.05. The first-order valence-corrected chi connectivity index (χ1v) is 14.3. The Morgan fingerprint density at radius 3 is 2.60 bits per heavy atom. The number of furan rings is 1. The second kappa shape index (κ2) is 12.3. The van der Waals surface area contributed by atoms with E-state index in [4.69, 9.17) is 14.4 Å². The summed E-state index contributed by atoms with van der Waals surface area (Å²) in [5.41, 5.74) is 3.36. The van der Waals surface area contributed by atoms with Crippen molar-refractivity contribution in [2.24, 2.45) is 9.98 Å². The molecule has 206 valence electrons. The zero-order valence-electron chi connectivity index (χ0n) is 22.4. The monoisotopic (exact) mass is 557 g/mol. The molecule has 0 spiro atoms. The maximum absolute atomic E-state index is 13.6. The van der Waals surface area contributed by atoms with Crippen LogP contribution in [0.2, 0.25) is 0 Å². The van der Waals surface area contributed by atoms with Gasteiger partial charge in [0, 0.05) is 17.7 Å². The molecule has 1 aromatic heterocycles. The van der Waals surface area contributed by atoms with Gasteiger partial charge >= 0.3 is 0 Å². The molecule has 0 saturated heterocycles. The van der Waals surface area contributed by atoms with Gasteiger partial charge in [-0.15, -0.1) is 0 Å². The number of aliphatic imine (C=N–C) groups is 2. The van der Waals surface area contributed by atoms with Gasteiger partial charge in [0.05, 0.1) is 23.7 Å². The largest absolute Gasteiger partial charge is 0.467 e. The van der Waals surface area contributed by atoms with E-state index in [-0.39, 0.29) is 37.1 Å². The third-order valence-electron chi connectivity index (χ3n) is 6.77. The van der Waals surface area contributed by atoms with Crippen LogP contribution in [0.5, 0.6) is 0 Å². The number of aryl methyl sites for hydroxylation is 1. The lowest BCUT2D eigenvalue weighted by molar-refractivity contribution is -0.125. The number of amides is 3. The Morgan fingerprint density at radius 1 is 1.07 bits per heavy atom. The number of thioether (sulfide) groups is 1. The van der Waals surface area contributed by atoms with Gasteiger partial charge in [0.25, 0.3) is 5.91 Å². The molecule has 3 amide bonds. The van der Waals surface area contributed by atoms with Crippen LogP contribution in [0.1, 0.15) is 50.0 Å². The molecule has 5 rings (SSSR count). The van der Waals surface area contributed by atoms with E-state index in [0.717, 1.165) is 17.7 Å². The van der Waals surface area contributed by atoms with E-state index in [0.29, 0.717) is 28.9 Å². The van der Waals surface area contributed by atoms with Gasteiger partial charge in [-0.05, 0) is 61.2 Å². The Kier molecular flexibility index (Phi) is 8.45. The molecule has 0 bridgehead atoms. The Hall–Kier alpha value is -4.18. The van der Waals surface area contributed by atoms with Gasteiger partial charge in [-0.25, -0.2) is 9.89 Å². The van der Waals surface area contributed by atoms with E-state index in [1.165, 1.54) is 22.2 Å². The lowest BCUT2D eigenvalue weighted by atomic mass is 10.1. The number of rotatable bonds is 10. The van der Waals surface area contributed by atoms with Crippen molar-refractivity contribution in [2.75, 3.05) is 5.32 Å². The SMILES string of the molecule is CCc1ccc(NC(=O)[C@H](CC)SC2=Nc3ccccc3C3=N[C@H](CCC(=O)NCc4ccco4)C(=O)N23)cc1. The normalized spacial score (nSPS) is 16.5. The average Bonchev–Trinajstić information content (AvgIpc) is 3.62. The lowest BCUT2D eigenvalue weighted by Crippen LogP contribution is -2.42. The highest BCUT2D eigenvalue weighted by Gasteiger charge is 2.42. The van der Waals surface area contributed by atoms with Gasteiger partial charge in [-0.2, -0.15) is 0 Å². The van der Waals surface area contributed by atoms with Crippen LogP contribution in [0.25, 0.3) is 0 Å². The second-order valence-electron chi connectivity index (χ2n) is 9.50. The highest BCUT2D eigenvalue weighted by Crippen LogP contribution is 2.36. The first kappa shape index (κ1) is 27.4. The molecule has 2 N–H and O–H groups in total. The molecule has 9 nitrogen and oxygen atoms in total. The summed E-state index contributed by atoms with van der Waals surface area (Å²) >= 11 is 1.25. The van der Waals surface area contributed by atoms with Crippen molar-refractivity contribution in [3.05, 3.63) is 83.8 Å². The first-order valence-electron chi connectivity index (χ1n) is 13.4. The minimum absolute atomic E-state index is 0.139. The van der Waals surface area contributed by atoms with Crippen molar-refractivity contribution < 1.29 is 18.8 Å². The maximum atomic E-state index is 13.6. The van der Waals surface area contributed by atoms with E-state index < -0.39 is 11.3 Å². The number of nitrogens with zero attached hydrogens (tertiary/aromatic N) is 3. The molecule has 3 aromatic rings. The standard InChI is InChI=1S/C30H31N5O4S/c1-3-19-11-13-20(14-12-19)32-28(37)25(4-2)40-30-34-23-10-6-5-9-22(23)27-33-24(29(38)35(27)30)15-16-26(36)31-18-21-8-7-17-39-21/h5-14,17,24-25H,3-4,15-16,18H2,1-2H3,(H,31,36)(H,32,37)/t24-,25+/m1/s1. The van der Waals surface area contributed by atoms with E-state index in [1.54, 1.807) is 18.4 Å². The number of anilines is 1. The minimum Gasteiger partial charge on any atom is -0.467 e. The lowest BCUT2D eigenvalue weighted by Gasteiger charge is -2.27. The molecule has 10 heteroatoms. The zero-order valence-corrected chi connectivity index (χ0v) is 23.2. The fourth-order valence-electron chi connectivity index (χ4n) is 4.52. The molecular weight excluding hydrogens is 526 g/mol. The van der Waals surface area contributed by atoms with Gasteiger partial charge in [0.1, 0.15) is 17.6 Å². The molecule has 2 aliphatic heterocycles. The third kappa shape index (κ3) is 6.02. The first-order chi connectivity index (χ1) is 19.5. The number of carbonyl (C=O) groups is 3. The Labute approximate surface area is 237 Å². The average molecular weight is 558 g/mol. The van der Waals surface area contributed by atoms with Crippen molar-refractivity contribution in [1.82, 2.24) is 10.2 Å². The molecule has 0 radical (unpaired) electrons. The Balaban J connectivity index is 1.29. The van der Waals surface area contributed by atoms with Gasteiger partial charge in [-0.1, -0.05) is 49.9 Å². The molecule has 0 saturated carbocycles. The van der Waals surface area contributed by atoms with Gasteiger partial charge < -0.3 is 15.1 Å². The fraction of sp³-hybridized carbons (Fsp3) is 0.300. The van der Waals surface area contributed by atoms with Gasteiger partial charge in [-0.3, -0.25) is 19.4 Å². The third-order valence-corrected chi connectivity index (χ3v) is 8.09. The van der Waals surface area contributed by atoms with E-state index >= 15 is 0 Å². The van der Waals surface area contributed by atoms with Gasteiger partial charge in [0.2, 0.25) is 11.8 Å². The molecule has 0 unspecified atom stereocenters. The van der Waals surface area contributed by atoms with Crippen molar-refractivity contribution in [1.29, 1.82) is 0 Å². The summed E-state index contributed by atoms with van der Waals surface area (Å²) in [7, 11) is 0. The van der Waals surface area contributed by atoms with Crippen LogP contribution in [0.3, 0.4) is 0 Å². The molecular formula is C30H31N5O4S. The number of hydrogen-bond donors (Lipinski definition) is 2. The molecule has 0 fully saturated rings. The summed E-state index contributed by atoms with van der Waals surface area (Å²) in [6.45, 7) is 4.30. The van der Waals surface area contributed by atoms with Crippen LogP contribution in [-0.2, 0) is 27.3 Å². The molecule has 40 heavy (non-hydrogen) atoms. The summed E-state index contributed by atoms with van der Waals surface area (Å²) in [4.78, 5) is 50.2. The summed E-state index contributed by atoms with van der Waals surface area (Å²) < 4.78 is 5.25. The van der Waals surface area contributed by atoms with E-state index in [2.05, 4.69) is 17.6 Å². The van der Waals surface area contributed by atoms with E-state index in [1.807, 2.05) is 55.5 Å². The summed E-state index contributed by atoms with van der Waals surface area (Å²) in [6, 6.07) is 18.1. The molecule has 2 atom stereocenters. The van der Waals surface area contributed by atoms with Crippen LogP contribution in [0.4, 0.5) is 11.4 Å². The van der Waals surface area contributed by atoms with Crippen LogP contribution < -0.4 is 10.6 Å². The Morgan fingerprint density at radius 2 is 1.88 bits per heavy atom. The van der Waals surface area contributed by atoms with Crippen molar-refractivity contribution in [3.8, 4) is 0 Å². The maximum Gasteiger partial charge on any atom is 0.259 e. The molecule has 2 aromatic carbocycles. The number of nitrogens with one attached hydrogen (secondary N) is 2. The number of carbonyl (C=O) groups excluding carboxylic acids is 3. The highest BCUT2D eigenvalue weighted by atomic mass is 32.2. The molecule has 0 aliphatic carbocycles. The quantitative estimate of drug-likeness (QED) is 0.362. The summed E-state index contributed by atoms with van der Waals surface area (Å²) in [6.07, 6.45) is 3.41. The number of amidine groups is 2. The molecule has 2 aliphatic rings. The smallest absolute Gasteiger partial charge is 0.259 e. The predicted molar refractivity (Wildman–Crippen MR) is 157 cm³/mol. The van der Waals surface area contributed by atoms with Crippen LogP contribution in [0.15, 0.2) is 81.3 Å². The topological polar surface area (TPSA) is 116 Å². The van der Waals surface area contributed by atoms with Crippen molar-refractivity contribution >= 4 is 51.9 Å². The summed E-state index contributed by atoms with van der Waals surface area (Å²) in [5.74, 6) is 0.565. The highest BCUT2D eigenvalue weighted by molar-refractivity contribution is 8.15. The fourth-order valence-corrected chi connectivity index (χ4v) is 5.54. The zero-order chi connectivity index (χ0) is 28.1. The summed E-state index contributed by atoms with van der Waals surface area (Å²) in [5, 5.41) is 5.73. The van der Waals surface area contributed by atoms with Crippen LogP contribution >= 0.6 is 11.8 Å². The van der Waals surface area contributed by atoms with Gasteiger partial charge in [0.15, 0.2) is 5.17 Å². The number of hydrogen-bond acceptors (Lipinski definition) is 7. The number of para-hydroxylation sites is 1. The number of fused-ring (bicyclic) bond motifs is 3. The molecule has 3 heterocycles.